The minimum atomic E-state index is -0.848. The number of hydrogen-bond acceptors (Lipinski definition) is 3. The van der Waals surface area contributed by atoms with E-state index in [4.69, 9.17) is 21.1 Å². The highest BCUT2D eigenvalue weighted by Crippen LogP contribution is 2.51. The van der Waals surface area contributed by atoms with Crippen LogP contribution < -0.4 is 9.47 Å². The van der Waals surface area contributed by atoms with E-state index in [1.54, 1.807) is 0 Å². The van der Waals surface area contributed by atoms with Gasteiger partial charge in [0, 0.05) is 0 Å². The lowest BCUT2D eigenvalue weighted by Gasteiger charge is -2.32. The molecule has 0 unspecified atom stereocenters. The third kappa shape index (κ3) is 2.24. The number of benzene rings is 1. The van der Waals surface area contributed by atoms with Gasteiger partial charge in [-0.15, -0.1) is 0 Å². The quantitative estimate of drug-likeness (QED) is 0.908. The third-order valence-corrected chi connectivity index (χ3v) is 5.15. The van der Waals surface area contributed by atoms with Crippen LogP contribution in [-0.4, -0.2) is 24.3 Å². The van der Waals surface area contributed by atoms with E-state index in [9.17, 15) is 9.90 Å². The largest absolute Gasteiger partial charge is 0.486 e. The van der Waals surface area contributed by atoms with Crippen LogP contribution in [0.5, 0.6) is 11.5 Å². The molecule has 1 aromatic carbocycles. The molecule has 0 aromatic heterocycles. The maximum absolute atomic E-state index is 12.1. The fourth-order valence-corrected chi connectivity index (χ4v) is 4.17. The first-order valence-corrected chi connectivity index (χ1v) is 8.21. The van der Waals surface area contributed by atoms with Crippen LogP contribution in [0.25, 0.3) is 0 Å². The van der Waals surface area contributed by atoms with Crippen LogP contribution in [0.4, 0.5) is 0 Å². The zero-order valence-corrected chi connectivity index (χ0v) is 13.7. The van der Waals surface area contributed by atoms with Gasteiger partial charge in [0.1, 0.15) is 13.2 Å². The molecule has 0 atom stereocenters. The second-order valence-corrected chi connectivity index (χ2v) is 6.80. The molecule has 1 saturated carbocycles. The van der Waals surface area contributed by atoms with E-state index in [2.05, 4.69) is 0 Å². The number of carboxylic acids is 1. The molecule has 4 nitrogen and oxygen atoms in total. The highest BCUT2D eigenvalue weighted by atomic mass is 35.5. The Bertz CT molecular complexity index is 603. The first-order chi connectivity index (χ1) is 10.5. The van der Waals surface area contributed by atoms with Gasteiger partial charge in [-0.2, -0.15) is 0 Å². The zero-order chi connectivity index (χ0) is 15.9. The molecule has 3 rings (SSSR count). The molecule has 1 fully saturated rings. The van der Waals surface area contributed by atoms with E-state index >= 15 is 0 Å². The molecule has 1 aliphatic carbocycles. The highest BCUT2D eigenvalue weighted by Gasteiger charge is 2.46. The summed E-state index contributed by atoms with van der Waals surface area (Å²) in [7, 11) is 0. The van der Waals surface area contributed by atoms with E-state index in [0.717, 1.165) is 24.0 Å². The average Bonchev–Trinajstić information content (AvgIpc) is 2.97. The molecule has 1 heterocycles. The van der Waals surface area contributed by atoms with E-state index < -0.39 is 11.4 Å². The van der Waals surface area contributed by atoms with Gasteiger partial charge in [0.05, 0.1) is 10.4 Å². The van der Waals surface area contributed by atoms with Gasteiger partial charge in [-0.3, -0.25) is 4.79 Å². The van der Waals surface area contributed by atoms with Gasteiger partial charge >= 0.3 is 5.97 Å². The summed E-state index contributed by atoms with van der Waals surface area (Å²) in [6.07, 6.45) is 3.15. The summed E-state index contributed by atoms with van der Waals surface area (Å²) in [5, 5.41) is 10.4. The summed E-state index contributed by atoms with van der Waals surface area (Å²) in [5.74, 6) is 0.483. The van der Waals surface area contributed by atoms with Crippen LogP contribution in [0, 0.1) is 0 Å². The Kier molecular flexibility index (Phi) is 3.98. The van der Waals surface area contributed by atoms with Crippen molar-refractivity contribution < 1.29 is 19.4 Å². The van der Waals surface area contributed by atoms with Crippen molar-refractivity contribution in [3.8, 4) is 11.5 Å². The Balaban J connectivity index is 2.26. The number of aliphatic carboxylic acids is 1. The van der Waals surface area contributed by atoms with Crippen molar-refractivity contribution in [1.29, 1.82) is 0 Å². The molecule has 0 amide bonds. The molecule has 0 bridgehead atoms. The Morgan fingerprint density at radius 1 is 1.27 bits per heavy atom. The van der Waals surface area contributed by atoms with Gasteiger partial charge in [-0.1, -0.05) is 38.3 Å². The van der Waals surface area contributed by atoms with Crippen LogP contribution >= 0.6 is 11.6 Å². The lowest BCUT2D eigenvalue weighted by Crippen LogP contribution is -2.34. The van der Waals surface area contributed by atoms with Gasteiger partial charge in [0.15, 0.2) is 11.5 Å². The van der Waals surface area contributed by atoms with Crippen LogP contribution in [0.15, 0.2) is 6.07 Å². The molecule has 120 valence electrons. The Labute approximate surface area is 135 Å². The second-order valence-electron chi connectivity index (χ2n) is 6.43. The summed E-state index contributed by atoms with van der Waals surface area (Å²) >= 11 is 6.57. The topological polar surface area (TPSA) is 55.8 Å². The van der Waals surface area contributed by atoms with Crippen molar-refractivity contribution in [1.82, 2.24) is 0 Å². The van der Waals surface area contributed by atoms with Crippen LogP contribution in [-0.2, 0) is 10.2 Å². The molecule has 1 N–H and O–H groups in total. The summed E-state index contributed by atoms with van der Waals surface area (Å²) in [5.41, 5.74) is 0.844. The molecule has 5 heteroatoms. The number of halogens is 1. The predicted molar refractivity (Wildman–Crippen MR) is 84.3 cm³/mol. The van der Waals surface area contributed by atoms with E-state index in [1.165, 1.54) is 0 Å². The Morgan fingerprint density at radius 2 is 1.91 bits per heavy atom. The predicted octanol–water partition coefficient (Wildman–Crippen LogP) is 4.13. The third-order valence-electron chi connectivity index (χ3n) is 4.77. The SMILES string of the molecule is CC(C)c1c(C2(C(=O)O)CCCC2)cc2c(c1Cl)OCCO2. The summed E-state index contributed by atoms with van der Waals surface area (Å²) < 4.78 is 11.3. The van der Waals surface area contributed by atoms with Crippen molar-refractivity contribution in [2.75, 3.05) is 13.2 Å². The zero-order valence-electron chi connectivity index (χ0n) is 12.9. The fraction of sp³-hybridized carbons (Fsp3) is 0.588. The normalized spacial score (nSPS) is 19.5. The Hall–Kier alpha value is -1.42. The summed E-state index contributed by atoms with van der Waals surface area (Å²) in [6, 6.07) is 1.86. The van der Waals surface area contributed by atoms with Gasteiger partial charge < -0.3 is 14.6 Å². The monoisotopic (exact) mass is 324 g/mol. The maximum atomic E-state index is 12.1. The summed E-state index contributed by atoms with van der Waals surface area (Å²) in [4.78, 5) is 12.1. The number of rotatable bonds is 3. The Morgan fingerprint density at radius 3 is 2.50 bits per heavy atom. The number of ether oxygens (including phenoxy) is 2. The van der Waals surface area contributed by atoms with Crippen LogP contribution in [0.2, 0.25) is 5.02 Å². The van der Waals surface area contributed by atoms with Gasteiger partial charge in [0.25, 0.3) is 0 Å². The summed E-state index contributed by atoms with van der Waals surface area (Å²) in [6.45, 7) is 4.99. The smallest absolute Gasteiger partial charge is 0.314 e. The molecule has 2 aliphatic rings. The number of carbonyl (C=O) groups is 1. The molecule has 1 aliphatic heterocycles. The number of carboxylic acid groups (broad SMARTS) is 1. The van der Waals surface area contributed by atoms with Crippen molar-refractivity contribution in [3.05, 3.63) is 22.2 Å². The average molecular weight is 325 g/mol. The maximum Gasteiger partial charge on any atom is 0.314 e. The fourth-order valence-electron chi connectivity index (χ4n) is 3.70. The molecule has 0 saturated heterocycles. The molecule has 0 spiro atoms. The van der Waals surface area contributed by atoms with Gasteiger partial charge in [-0.05, 0) is 36.0 Å². The van der Waals surface area contributed by atoms with Crippen molar-refractivity contribution >= 4 is 17.6 Å². The molecular weight excluding hydrogens is 304 g/mol. The lowest BCUT2D eigenvalue weighted by atomic mass is 9.74. The van der Waals surface area contributed by atoms with Crippen molar-refractivity contribution in [2.24, 2.45) is 0 Å². The number of hydrogen-bond donors (Lipinski definition) is 1. The second kappa shape index (κ2) is 5.65. The first kappa shape index (κ1) is 15.5. The molecule has 0 radical (unpaired) electrons. The standard InChI is InChI=1S/C17H21ClO4/c1-10(2)13-11(17(16(19)20)5-3-4-6-17)9-12-15(14(13)18)22-8-7-21-12/h9-10H,3-8H2,1-2H3,(H,19,20). The van der Waals surface area contributed by atoms with Gasteiger partial charge in [0.2, 0.25) is 0 Å². The number of fused-ring (bicyclic) bond motifs is 1. The van der Waals surface area contributed by atoms with Crippen molar-refractivity contribution in [3.63, 3.8) is 0 Å². The highest BCUT2D eigenvalue weighted by molar-refractivity contribution is 6.33. The molecular formula is C17H21ClO4. The van der Waals surface area contributed by atoms with E-state index in [1.807, 2.05) is 19.9 Å². The van der Waals surface area contributed by atoms with Crippen LogP contribution in [0.1, 0.15) is 56.6 Å². The van der Waals surface area contributed by atoms with E-state index in [0.29, 0.717) is 42.6 Å². The van der Waals surface area contributed by atoms with E-state index in [-0.39, 0.29) is 5.92 Å². The minimum Gasteiger partial charge on any atom is -0.486 e. The minimum absolute atomic E-state index is 0.121. The van der Waals surface area contributed by atoms with Crippen LogP contribution in [0.3, 0.4) is 0 Å². The molecule has 1 aromatic rings. The lowest BCUT2D eigenvalue weighted by molar-refractivity contribution is -0.143. The first-order valence-electron chi connectivity index (χ1n) is 7.83. The van der Waals surface area contributed by atoms with Crippen molar-refractivity contribution in [2.45, 2.75) is 50.9 Å². The molecule has 22 heavy (non-hydrogen) atoms. The van der Waals surface area contributed by atoms with Gasteiger partial charge in [-0.25, -0.2) is 0 Å².